The zero-order valence-electron chi connectivity index (χ0n) is 17.5. The van der Waals surface area contributed by atoms with E-state index in [-0.39, 0.29) is 11.3 Å². The van der Waals surface area contributed by atoms with Gasteiger partial charge >= 0.3 is 0 Å². The Balaban J connectivity index is 1.66. The summed E-state index contributed by atoms with van der Waals surface area (Å²) in [5.41, 5.74) is 2.81. The van der Waals surface area contributed by atoms with Crippen LogP contribution >= 0.6 is 0 Å². The van der Waals surface area contributed by atoms with E-state index in [1.807, 2.05) is 55.5 Å². The van der Waals surface area contributed by atoms with Crippen LogP contribution in [0.25, 0.3) is 10.9 Å². The van der Waals surface area contributed by atoms with E-state index in [1.165, 1.54) is 6.07 Å². The number of sulfonamides is 1. The number of nitrogens with zero attached hydrogens (tertiary/aromatic N) is 1. The molecular formula is C25H23N3O3S. The van der Waals surface area contributed by atoms with Gasteiger partial charge in [0.15, 0.2) is 0 Å². The fourth-order valence-electron chi connectivity index (χ4n) is 3.53. The van der Waals surface area contributed by atoms with E-state index < -0.39 is 22.0 Å². The van der Waals surface area contributed by atoms with Crippen molar-refractivity contribution >= 4 is 32.5 Å². The van der Waals surface area contributed by atoms with Crippen molar-refractivity contribution in [3.8, 4) is 0 Å². The van der Waals surface area contributed by atoms with Crippen LogP contribution in [-0.2, 0) is 21.2 Å². The normalized spacial score (nSPS) is 12.4. The fraction of sp³-hybridized carbons (Fsp3) is 0.120. The molecule has 0 spiro atoms. The summed E-state index contributed by atoms with van der Waals surface area (Å²) in [7, 11) is -4.02. The van der Waals surface area contributed by atoms with Gasteiger partial charge in [-0.3, -0.25) is 9.78 Å². The SMILES string of the molecule is Cc1cccc(NC(=O)C(Cc2ccccc2)NS(=O)(=O)c2cccc3cccnc23)c1. The molecule has 0 aliphatic heterocycles. The zero-order chi connectivity index (χ0) is 22.6. The number of aryl methyl sites for hydroxylation is 1. The minimum absolute atomic E-state index is 0.0389. The topological polar surface area (TPSA) is 88.2 Å². The van der Waals surface area contributed by atoms with Crippen LogP contribution in [-0.4, -0.2) is 25.4 Å². The Labute approximate surface area is 187 Å². The molecule has 1 atom stereocenters. The van der Waals surface area contributed by atoms with Gasteiger partial charge in [-0.05, 0) is 48.7 Å². The van der Waals surface area contributed by atoms with E-state index in [4.69, 9.17) is 0 Å². The minimum atomic E-state index is -4.02. The van der Waals surface area contributed by atoms with Crippen molar-refractivity contribution in [3.63, 3.8) is 0 Å². The zero-order valence-corrected chi connectivity index (χ0v) is 18.3. The monoisotopic (exact) mass is 445 g/mol. The lowest BCUT2D eigenvalue weighted by Gasteiger charge is -2.19. The molecule has 4 aromatic rings. The van der Waals surface area contributed by atoms with E-state index in [0.717, 1.165) is 11.1 Å². The van der Waals surface area contributed by atoms with Gasteiger partial charge in [-0.2, -0.15) is 4.72 Å². The fourth-order valence-corrected chi connectivity index (χ4v) is 4.91. The van der Waals surface area contributed by atoms with Crippen LogP contribution in [0.5, 0.6) is 0 Å². The molecule has 1 heterocycles. The number of para-hydroxylation sites is 1. The lowest BCUT2D eigenvalue weighted by molar-refractivity contribution is -0.117. The first-order chi connectivity index (χ1) is 15.4. The second-order valence-corrected chi connectivity index (χ2v) is 9.24. The quantitative estimate of drug-likeness (QED) is 0.449. The molecule has 6 nitrogen and oxygen atoms in total. The lowest BCUT2D eigenvalue weighted by Crippen LogP contribution is -2.45. The first kappa shape index (κ1) is 21.7. The van der Waals surface area contributed by atoms with Crippen LogP contribution in [0.3, 0.4) is 0 Å². The van der Waals surface area contributed by atoms with Gasteiger partial charge in [0, 0.05) is 17.3 Å². The van der Waals surface area contributed by atoms with Crippen LogP contribution in [0.1, 0.15) is 11.1 Å². The molecule has 0 fully saturated rings. The second kappa shape index (κ2) is 9.30. The van der Waals surface area contributed by atoms with E-state index in [9.17, 15) is 13.2 Å². The van der Waals surface area contributed by atoms with Gasteiger partial charge in [0.1, 0.15) is 10.9 Å². The van der Waals surface area contributed by atoms with Gasteiger partial charge in [0.25, 0.3) is 0 Å². The summed E-state index contributed by atoms with van der Waals surface area (Å²) in [6.07, 6.45) is 1.75. The number of benzene rings is 3. The predicted octanol–water partition coefficient (Wildman–Crippen LogP) is 4.07. The van der Waals surface area contributed by atoms with E-state index in [0.29, 0.717) is 16.6 Å². The molecular weight excluding hydrogens is 422 g/mol. The molecule has 7 heteroatoms. The maximum atomic E-state index is 13.3. The molecule has 0 bridgehead atoms. The van der Waals surface area contributed by atoms with Gasteiger partial charge in [-0.1, -0.05) is 60.7 Å². The maximum Gasteiger partial charge on any atom is 0.243 e. The van der Waals surface area contributed by atoms with Gasteiger partial charge in [0.05, 0.1) is 5.52 Å². The number of fused-ring (bicyclic) bond motifs is 1. The van der Waals surface area contributed by atoms with Gasteiger partial charge in [-0.25, -0.2) is 8.42 Å². The number of carbonyl (C=O) groups is 1. The third-order valence-corrected chi connectivity index (χ3v) is 6.57. The number of amides is 1. The van der Waals surface area contributed by atoms with Crippen LogP contribution < -0.4 is 10.0 Å². The summed E-state index contributed by atoms with van der Waals surface area (Å²) in [4.78, 5) is 17.4. The minimum Gasteiger partial charge on any atom is -0.325 e. The van der Waals surface area contributed by atoms with E-state index in [1.54, 1.807) is 36.5 Å². The average molecular weight is 446 g/mol. The number of carbonyl (C=O) groups excluding carboxylic acids is 1. The predicted molar refractivity (Wildman–Crippen MR) is 126 cm³/mol. The Bertz CT molecular complexity index is 1350. The summed E-state index contributed by atoms with van der Waals surface area (Å²) < 4.78 is 29.3. The number of pyridine rings is 1. The number of anilines is 1. The Morgan fingerprint density at radius 3 is 2.47 bits per heavy atom. The molecule has 0 aliphatic rings. The largest absolute Gasteiger partial charge is 0.325 e. The molecule has 0 saturated heterocycles. The highest BCUT2D eigenvalue weighted by molar-refractivity contribution is 7.89. The molecule has 0 saturated carbocycles. The van der Waals surface area contributed by atoms with Gasteiger partial charge in [0.2, 0.25) is 15.9 Å². The first-order valence-electron chi connectivity index (χ1n) is 10.2. The Morgan fingerprint density at radius 2 is 1.69 bits per heavy atom. The van der Waals surface area contributed by atoms with Crippen molar-refractivity contribution < 1.29 is 13.2 Å². The molecule has 4 rings (SSSR count). The highest BCUT2D eigenvalue weighted by Gasteiger charge is 2.27. The average Bonchev–Trinajstić information content (AvgIpc) is 2.79. The molecule has 0 radical (unpaired) electrons. The molecule has 1 amide bonds. The van der Waals surface area contributed by atoms with Crippen LogP contribution in [0, 0.1) is 6.92 Å². The third kappa shape index (κ3) is 5.01. The van der Waals surface area contributed by atoms with Crippen molar-refractivity contribution in [2.45, 2.75) is 24.3 Å². The van der Waals surface area contributed by atoms with Crippen molar-refractivity contribution in [1.82, 2.24) is 9.71 Å². The summed E-state index contributed by atoms with van der Waals surface area (Å²) in [5, 5.41) is 3.54. The smallest absolute Gasteiger partial charge is 0.243 e. The summed E-state index contributed by atoms with van der Waals surface area (Å²) >= 11 is 0. The standard InChI is InChI=1S/C25H23N3O3S/c1-18-8-5-13-21(16-18)27-25(29)22(17-19-9-3-2-4-10-19)28-32(30,31)23-14-6-11-20-12-7-15-26-24(20)23/h2-16,22,28H,17H2,1H3,(H,27,29). The third-order valence-electron chi connectivity index (χ3n) is 5.07. The van der Waals surface area contributed by atoms with Gasteiger partial charge < -0.3 is 5.32 Å². The first-order valence-corrected chi connectivity index (χ1v) is 11.7. The second-order valence-electron chi connectivity index (χ2n) is 7.55. The van der Waals surface area contributed by atoms with Crippen LogP contribution in [0.4, 0.5) is 5.69 Å². The Hall–Kier alpha value is -3.55. The molecule has 32 heavy (non-hydrogen) atoms. The highest BCUT2D eigenvalue weighted by atomic mass is 32.2. The Morgan fingerprint density at radius 1 is 0.938 bits per heavy atom. The molecule has 3 aromatic carbocycles. The van der Waals surface area contributed by atoms with Crippen molar-refractivity contribution in [2.75, 3.05) is 5.32 Å². The summed E-state index contributed by atoms with van der Waals surface area (Å²) in [5.74, 6) is -0.434. The number of rotatable bonds is 7. The lowest BCUT2D eigenvalue weighted by atomic mass is 10.1. The number of hydrogen-bond donors (Lipinski definition) is 2. The molecule has 1 unspecified atom stereocenters. The summed E-state index contributed by atoms with van der Waals surface area (Å²) in [6, 6.07) is 24.2. The van der Waals surface area contributed by atoms with Crippen molar-refractivity contribution in [2.24, 2.45) is 0 Å². The van der Waals surface area contributed by atoms with Gasteiger partial charge in [-0.15, -0.1) is 0 Å². The van der Waals surface area contributed by atoms with Crippen molar-refractivity contribution in [1.29, 1.82) is 0 Å². The number of hydrogen-bond acceptors (Lipinski definition) is 4. The molecule has 0 aliphatic carbocycles. The van der Waals surface area contributed by atoms with Crippen LogP contribution in [0.15, 0.2) is 96.0 Å². The maximum absolute atomic E-state index is 13.3. The van der Waals surface area contributed by atoms with E-state index in [2.05, 4.69) is 15.0 Å². The Kier molecular flexibility index (Phi) is 6.30. The van der Waals surface area contributed by atoms with E-state index >= 15 is 0 Å². The number of aromatic nitrogens is 1. The van der Waals surface area contributed by atoms with Crippen molar-refractivity contribution in [3.05, 3.63) is 102 Å². The molecule has 2 N–H and O–H groups in total. The summed E-state index contributed by atoms with van der Waals surface area (Å²) in [6.45, 7) is 1.92. The highest BCUT2D eigenvalue weighted by Crippen LogP contribution is 2.21. The van der Waals surface area contributed by atoms with Crippen LogP contribution in [0.2, 0.25) is 0 Å². The molecule has 1 aromatic heterocycles. The number of nitrogens with one attached hydrogen (secondary N) is 2. The molecule has 162 valence electrons.